The quantitative estimate of drug-likeness (QED) is 0.497. The molecule has 0 aromatic carbocycles. The maximum atomic E-state index is 12.3. The van der Waals surface area contributed by atoms with Gasteiger partial charge in [0.15, 0.2) is 6.10 Å². The molecule has 1 amide bonds. The van der Waals surface area contributed by atoms with Gasteiger partial charge in [-0.2, -0.15) is 0 Å². The smallest absolute Gasteiger partial charge is 0.349 e. The van der Waals surface area contributed by atoms with Crippen molar-refractivity contribution in [2.45, 2.75) is 52.2 Å². The molecule has 0 radical (unpaired) electrons. The monoisotopic (exact) mass is 354 g/mol. The number of esters is 1. The fourth-order valence-electron chi connectivity index (χ4n) is 2.89. The summed E-state index contributed by atoms with van der Waals surface area (Å²) in [6.45, 7) is 5.80. The molecule has 4 atom stereocenters. The Balaban J connectivity index is 1.90. The van der Waals surface area contributed by atoms with Crippen molar-refractivity contribution in [3.05, 3.63) is 27.1 Å². The summed E-state index contributed by atoms with van der Waals surface area (Å²) in [6, 6.07) is 2.67. The van der Waals surface area contributed by atoms with Crippen molar-refractivity contribution in [1.82, 2.24) is 5.32 Å². The largest absolute Gasteiger partial charge is 0.448 e. The fourth-order valence-corrected chi connectivity index (χ4v) is 3.60. The number of thiophene rings is 1. The van der Waals surface area contributed by atoms with Crippen LogP contribution in [-0.2, 0) is 9.53 Å². The maximum Gasteiger partial charge on any atom is 0.349 e. The van der Waals surface area contributed by atoms with E-state index in [1.807, 2.05) is 0 Å². The Morgan fingerprint density at radius 1 is 1.38 bits per heavy atom. The van der Waals surface area contributed by atoms with Gasteiger partial charge in [0, 0.05) is 12.1 Å². The highest BCUT2D eigenvalue weighted by atomic mass is 32.1. The Bertz CT molecular complexity index is 630. The second-order valence-electron chi connectivity index (χ2n) is 6.32. The third-order valence-electron chi connectivity index (χ3n) is 4.66. The van der Waals surface area contributed by atoms with Gasteiger partial charge in [-0.25, -0.2) is 4.79 Å². The lowest BCUT2D eigenvalue weighted by molar-refractivity contribution is -0.380. The van der Waals surface area contributed by atoms with E-state index < -0.39 is 17.0 Å². The third-order valence-corrected chi connectivity index (χ3v) is 5.68. The summed E-state index contributed by atoms with van der Waals surface area (Å²) in [7, 11) is 0. The molecule has 8 heteroatoms. The zero-order valence-corrected chi connectivity index (χ0v) is 14.8. The number of hydrogen-bond donors (Lipinski definition) is 1. The van der Waals surface area contributed by atoms with Crippen molar-refractivity contribution in [1.29, 1.82) is 0 Å². The second-order valence-corrected chi connectivity index (χ2v) is 7.39. The van der Waals surface area contributed by atoms with Crippen LogP contribution in [0.3, 0.4) is 0 Å². The van der Waals surface area contributed by atoms with E-state index in [1.165, 1.54) is 19.1 Å². The van der Waals surface area contributed by atoms with Crippen LogP contribution in [-0.4, -0.2) is 28.9 Å². The molecule has 0 aliphatic heterocycles. The van der Waals surface area contributed by atoms with Gasteiger partial charge in [-0.3, -0.25) is 14.9 Å². The van der Waals surface area contributed by atoms with Crippen molar-refractivity contribution in [2.24, 2.45) is 11.8 Å². The minimum absolute atomic E-state index is 0.0882. The molecule has 0 unspecified atom stereocenters. The Hall–Kier alpha value is -1.96. The van der Waals surface area contributed by atoms with Crippen LogP contribution in [0, 0.1) is 22.0 Å². The molecule has 24 heavy (non-hydrogen) atoms. The van der Waals surface area contributed by atoms with Gasteiger partial charge in [0.05, 0.1) is 4.92 Å². The molecule has 0 spiro atoms. The van der Waals surface area contributed by atoms with Gasteiger partial charge in [-0.05, 0) is 31.2 Å². The molecule has 1 fully saturated rings. The van der Waals surface area contributed by atoms with Gasteiger partial charge in [-0.1, -0.05) is 38.0 Å². The molecular weight excluding hydrogens is 332 g/mol. The summed E-state index contributed by atoms with van der Waals surface area (Å²) in [5.74, 6) is -0.125. The average Bonchev–Trinajstić information content (AvgIpc) is 3.02. The average molecular weight is 354 g/mol. The van der Waals surface area contributed by atoms with E-state index >= 15 is 0 Å². The SMILES string of the molecule is C[C@H]1[C@@H](NC(=O)[C@@H](C)OC(=O)c2ccc([N+](=O)[O-])s2)CCC[C@@H]1C. The van der Waals surface area contributed by atoms with E-state index in [4.69, 9.17) is 4.74 Å². The number of hydrogen-bond acceptors (Lipinski definition) is 6. The normalized spacial score (nSPS) is 24.9. The molecule has 1 saturated carbocycles. The lowest BCUT2D eigenvalue weighted by Crippen LogP contribution is -2.47. The first kappa shape index (κ1) is 18.4. The molecule has 132 valence electrons. The summed E-state index contributed by atoms with van der Waals surface area (Å²) >= 11 is 0.734. The van der Waals surface area contributed by atoms with Crippen LogP contribution in [0.1, 0.15) is 49.7 Å². The van der Waals surface area contributed by atoms with Crippen LogP contribution in [0.25, 0.3) is 0 Å². The Morgan fingerprint density at radius 3 is 2.71 bits per heavy atom. The van der Waals surface area contributed by atoms with Gasteiger partial charge < -0.3 is 10.1 Å². The van der Waals surface area contributed by atoms with Gasteiger partial charge in [-0.15, -0.1) is 0 Å². The highest BCUT2D eigenvalue weighted by molar-refractivity contribution is 7.17. The summed E-state index contributed by atoms with van der Waals surface area (Å²) in [5.41, 5.74) is 0. The second kappa shape index (κ2) is 7.74. The summed E-state index contributed by atoms with van der Waals surface area (Å²) in [6.07, 6.45) is 2.22. The molecule has 1 aliphatic rings. The van der Waals surface area contributed by atoms with Crippen molar-refractivity contribution in [3.63, 3.8) is 0 Å². The molecule has 1 N–H and O–H groups in total. The van der Waals surface area contributed by atoms with Crippen molar-refractivity contribution < 1.29 is 19.2 Å². The van der Waals surface area contributed by atoms with Gasteiger partial charge >= 0.3 is 11.0 Å². The van der Waals surface area contributed by atoms with Crippen molar-refractivity contribution in [2.75, 3.05) is 0 Å². The van der Waals surface area contributed by atoms with Gasteiger partial charge in [0.25, 0.3) is 5.91 Å². The highest BCUT2D eigenvalue weighted by Crippen LogP contribution is 2.29. The lowest BCUT2D eigenvalue weighted by atomic mass is 9.78. The molecule has 0 saturated heterocycles. The van der Waals surface area contributed by atoms with Crippen molar-refractivity contribution >= 4 is 28.2 Å². The molecule has 0 bridgehead atoms. The minimum Gasteiger partial charge on any atom is -0.448 e. The van der Waals surface area contributed by atoms with Crippen molar-refractivity contribution in [3.8, 4) is 0 Å². The third kappa shape index (κ3) is 4.31. The summed E-state index contributed by atoms with van der Waals surface area (Å²) < 4.78 is 5.13. The van der Waals surface area contributed by atoms with Crippen LogP contribution in [0.15, 0.2) is 12.1 Å². The number of nitro groups is 1. The number of nitrogens with zero attached hydrogens (tertiary/aromatic N) is 1. The molecule has 7 nitrogen and oxygen atoms in total. The zero-order valence-electron chi connectivity index (χ0n) is 14.0. The van der Waals surface area contributed by atoms with E-state index in [2.05, 4.69) is 19.2 Å². The summed E-state index contributed by atoms with van der Waals surface area (Å²) in [4.78, 5) is 34.4. The Kier molecular flexibility index (Phi) is 5.93. The topological polar surface area (TPSA) is 98.5 Å². The van der Waals surface area contributed by atoms with E-state index in [9.17, 15) is 19.7 Å². The predicted molar refractivity (Wildman–Crippen MR) is 90.0 cm³/mol. The molecule has 1 aromatic heterocycles. The van der Waals surface area contributed by atoms with Crippen LogP contribution >= 0.6 is 11.3 Å². The lowest BCUT2D eigenvalue weighted by Gasteiger charge is -2.35. The van der Waals surface area contributed by atoms with E-state index in [0.29, 0.717) is 11.8 Å². The van der Waals surface area contributed by atoms with E-state index in [0.717, 1.165) is 30.6 Å². The molecule has 2 rings (SSSR count). The molecule has 1 aromatic rings. The molecule has 1 aliphatic carbocycles. The maximum absolute atomic E-state index is 12.3. The minimum atomic E-state index is -0.942. The number of amides is 1. The zero-order chi connectivity index (χ0) is 17.9. The van der Waals surface area contributed by atoms with E-state index in [1.54, 1.807) is 0 Å². The van der Waals surface area contributed by atoms with Gasteiger partial charge in [0.1, 0.15) is 4.88 Å². The molecule has 1 heterocycles. The number of carbonyl (C=O) groups is 2. The predicted octanol–water partition coefficient (Wildman–Crippen LogP) is 3.14. The first-order valence-corrected chi connectivity index (χ1v) is 8.86. The van der Waals surface area contributed by atoms with Crippen LogP contribution < -0.4 is 5.32 Å². The van der Waals surface area contributed by atoms with Crippen LogP contribution in [0.4, 0.5) is 5.00 Å². The number of ether oxygens (including phenoxy) is 1. The first-order valence-electron chi connectivity index (χ1n) is 8.05. The standard InChI is InChI=1S/C16H22N2O5S/c1-9-5-4-6-12(10(9)2)17-15(19)11(3)23-16(20)13-7-8-14(24-13)18(21)22/h7-12H,4-6H2,1-3H3,(H,17,19)/t9-,10+,11+,12-/m0/s1. The fraction of sp³-hybridized carbons (Fsp3) is 0.625. The summed E-state index contributed by atoms with van der Waals surface area (Å²) in [5, 5.41) is 13.5. The Labute approximate surface area is 144 Å². The van der Waals surface area contributed by atoms with Crippen LogP contribution in [0.2, 0.25) is 0 Å². The number of carbonyl (C=O) groups excluding carboxylic acids is 2. The highest BCUT2D eigenvalue weighted by Gasteiger charge is 2.30. The van der Waals surface area contributed by atoms with E-state index in [-0.39, 0.29) is 21.8 Å². The Morgan fingerprint density at radius 2 is 2.08 bits per heavy atom. The number of nitrogens with one attached hydrogen (secondary N) is 1. The van der Waals surface area contributed by atoms with Crippen LogP contribution in [0.5, 0.6) is 0 Å². The number of rotatable bonds is 5. The first-order chi connectivity index (χ1) is 11.3. The molecular formula is C16H22N2O5S. The van der Waals surface area contributed by atoms with Gasteiger partial charge in [0.2, 0.25) is 0 Å².